The highest BCUT2D eigenvalue weighted by atomic mass is 79.9. The van der Waals surface area contributed by atoms with E-state index in [0.717, 1.165) is 4.47 Å². The summed E-state index contributed by atoms with van der Waals surface area (Å²) >= 11 is 8.79. The molecule has 0 bridgehead atoms. The molecule has 1 heterocycles. The molecule has 0 unspecified atom stereocenters. The molecule has 0 aromatic heterocycles. The van der Waals surface area contributed by atoms with E-state index < -0.39 is 11.7 Å². The van der Waals surface area contributed by atoms with Crippen molar-refractivity contribution >= 4 is 44.9 Å². The molecule has 0 fully saturated rings. The minimum absolute atomic E-state index is 0.367. The predicted octanol–water partition coefficient (Wildman–Crippen LogP) is 2.77. The number of anilines is 1. The van der Waals surface area contributed by atoms with Crippen molar-refractivity contribution < 1.29 is 9.59 Å². The molecule has 5 heteroatoms. The Labute approximate surface area is 112 Å². The zero-order valence-electron chi connectivity index (χ0n) is 8.82. The van der Waals surface area contributed by atoms with Crippen molar-refractivity contribution in [3.63, 3.8) is 0 Å². The van der Waals surface area contributed by atoms with Crippen molar-refractivity contribution in [3.05, 3.63) is 40.4 Å². The van der Waals surface area contributed by atoms with Crippen LogP contribution < -0.4 is 4.90 Å². The lowest BCUT2D eigenvalue weighted by Gasteiger charge is -2.13. The van der Waals surface area contributed by atoms with E-state index in [1.54, 1.807) is 24.3 Å². The van der Waals surface area contributed by atoms with E-state index in [9.17, 15) is 9.59 Å². The van der Waals surface area contributed by atoms with Crippen LogP contribution in [0.1, 0.15) is 10.4 Å². The van der Waals surface area contributed by atoms with Gasteiger partial charge < -0.3 is 4.90 Å². The van der Waals surface area contributed by atoms with Crippen LogP contribution in [0.5, 0.6) is 0 Å². The number of Topliss-reactive ketones (excluding diaryl/α,β-unsaturated/α-hetero) is 1. The Kier molecular flexibility index (Phi) is 3.64. The van der Waals surface area contributed by atoms with E-state index in [1.165, 1.54) is 4.90 Å². The predicted molar refractivity (Wildman–Crippen MR) is 70.7 cm³/mol. The third-order valence-electron chi connectivity index (χ3n) is 2.48. The van der Waals surface area contributed by atoms with Crippen LogP contribution in [0.15, 0.2) is 34.8 Å². The molecule has 0 saturated carbocycles. The van der Waals surface area contributed by atoms with Crippen LogP contribution in [0.2, 0.25) is 0 Å². The van der Waals surface area contributed by atoms with Crippen LogP contribution in [0, 0.1) is 0 Å². The van der Waals surface area contributed by atoms with Gasteiger partial charge in [0, 0.05) is 16.9 Å². The number of carbonyl (C=O) groups excluding carboxylic acids is 2. The fourth-order valence-corrected chi connectivity index (χ4v) is 2.18. The maximum atomic E-state index is 11.8. The Morgan fingerprint density at radius 1 is 1.29 bits per heavy atom. The Balaban J connectivity index is 2.34. The molecule has 0 radical (unpaired) electrons. The number of alkyl halides is 1. The number of carbonyl (C=O) groups is 2. The van der Waals surface area contributed by atoms with Crippen LogP contribution in [-0.4, -0.2) is 24.1 Å². The van der Waals surface area contributed by atoms with E-state index in [-0.39, 0.29) is 0 Å². The lowest BCUT2D eigenvalue weighted by atomic mass is 10.1. The van der Waals surface area contributed by atoms with Gasteiger partial charge in [-0.15, -0.1) is 11.6 Å². The second-order valence-electron chi connectivity index (χ2n) is 3.53. The number of benzene rings is 1. The average Bonchev–Trinajstić information content (AvgIpc) is 2.54. The molecule has 1 amide bonds. The molecule has 0 N–H and O–H groups in total. The smallest absolute Gasteiger partial charge is 0.299 e. The van der Waals surface area contributed by atoms with Crippen LogP contribution >= 0.6 is 27.5 Å². The molecule has 0 spiro atoms. The van der Waals surface area contributed by atoms with Crippen LogP contribution in [0.4, 0.5) is 5.69 Å². The van der Waals surface area contributed by atoms with Crippen LogP contribution in [-0.2, 0) is 4.79 Å². The normalized spacial score (nSPS) is 14.8. The first-order valence-electron chi connectivity index (χ1n) is 5.02. The number of amides is 1. The maximum Gasteiger partial charge on any atom is 0.299 e. The fraction of sp³-hybridized carbons (Fsp3) is 0.167. The Hall–Kier alpha value is -1.13. The number of ketones is 1. The summed E-state index contributed by atoms with van der Waals surface area (Å²) in [5.74, 6) is -0.554. The highest BCUT2D eigenvalue weighted by molar-refractivity contribution is 9.10. The van der Waals surface area contributed by atoms with Gasteiger partial charge >= 0.3 is 0 Å². The van der Waals surface area contributed by atoms with Crippen LogP contribution in [0.25, 0.3) is 0 Å². The zero-order chi connectivity index (χ0) is 12.4. The Morgan fingerprint density at radius 2 is 2.06 bits per heavy atom. The SMILES string of the molecule is O=C1C(=O)N(CC=CCCl)c2ccc(Br)cc21. The molecule has 0 atom stereocenters. The molecule has 1 aromatic rings. The van der Waals surface area contributed by atoms with Gasteiger partial charge in [0.1, 0.15) is 0 Å². The largest absolute Gasteiger partial charge is 0.301 e. The van der Waals surface area contributed by atoms with Crippen molar-refractivity contribution in [1.82, 2.24) is 0 Å². The van der Waals surface area contributed by atoms with Gasteiger partial charge in [-0.25, -0.2) is 0 Å². The summed E-state index contributed by atoms with van der Waals surface area (Å²) in [6, 6.07) is 5.24. The molecule has 2 rings (SSSR count). The number of hydrogen-bond acceptors (Lipinski definition) is 2. The Morgan fingerprint density at radius 3 is 2.76 bits per heavy atom. The molecule has 1 aliphatic rings. The van der Waals surface area contributed by atoms with Crippen molar-refractivity contribution in [2.24, 2.45) is 0 Å². The van der Waals surface area contributed by atoms with E-state index >= 15 is 0 Å². The van der Waals surface area contributed by atoms with Crippen molar-refractivity contribution in [3.8, 4) is 0 Å². The minimum Gasteiger partial charge on any atom is -0.301 e. The summed E-state index contributed by atoms with van der Waals surface area (Å²) in [5, 5.41) is 0. The number of fused-ring (bicyclic) bond motifs is 1. The molecule has 17 heavy (non-hydrogen) atoms. The summed E-state index contributed by atoms with van der Waals surface area (Å²) in [7, 11) is 0. The molecule has 88 valence electrons. The van der Waals surface area contributed by atoms with Gasteiger partial charge in [-0.2, -0.15) is 0 Å². The quantitative estimate of drug-likeness (QED) is 0.489. The summed E-state index contributed by atoms with van der Waals surface area (Å²) in [4.78, 5) is 24.9. The maximum absolute atomic E-state index is 11.8. The number of nitrogens with zero attached hydrogens (tertiary/aromatic N) is 1. The fourth-order valence-electron chi connectivity index (χ4n) is 1.70. The summed E-state index contributed by atoms with van der Waals surface area (Å²) in [6.45, 7) is 0.367. The van der Waals surface area contributed by atoms with E-state index in [1.807, 2.05) is 6.07 Å². The second-order valence-corrected chi connectivity index (χ2v) is 4.76. The number of rotatable bonds is 3. The number of halogens is 2. The molecule has 0 saturated heterocycles. The van der Waals surface area contributed by atoms with Gasteiger partial charge in [0.15, 0.2) is 0 Å². The molecule has 1 aliphatic heterocycles. The Bertz CT molecular complexity index is 513. The second kappa shape index (κ2) is 5.02. The van der Waals surface area contributed by atoms with Gasteiger partial charge in [0.05, 0.1) is 11.3 Å². The lowest BCUT2D eigenvalue weighted by Crippen LogP contribution is -2.29. The van der Waals surface area contributed by atoms with Gasteiger partial charge in [-0.1, -0.05) is 28.1 Å². The van der Waals surface area contributed by atoms with Crippen molar-refractivity contribution in [2.75, 3.05) is 17.3 Å². The van der Waals surface area contributed by atoms with Crippen molar-refractivity contribution in [1.29, 1.82) is 0 Å². The zero-order valence-corrected chi connectivity index (χ0v) is 11.2. The summed E-state index contributed by atoms with van der Waals surface area (Å²) in [5.41, 5.74) is 1.10. The first-order chi connectivity index (χ1) is 8.15. The van der Waals surface area contributed by atoms with Gasteiger partial charge in [-0.05, 0) is 18.2 Å². The first kappa shape index (κ1) is 12.3. The summed E-state index contributed by atoms with van der Waals surface area (Å²) in [6.07, 6.45) is 3.52. The molecular formula is C12H9BrClNO2. The highest BCUT2D eigenvalue weighted by Gasteiger charge is 2.34. The first-order valence-corrected chi connectivity index (χ1v) is 6.34. The highest BCUT2D eigenvalue weighted by Crippen LogP contribution is 2.31. The van der Waals surface area contributed by atoms with Gasteiger partial charge in [0.2, 0.25) is 0 Å². The topological polar surface area (TPSA) is 37.4 Å². The average molecular weight is 315 g/mol. The van der Waals surface area contributed by atoms with Gasteiger partial charge in [-0.3, -0.25) is 9.59 Å². The standard InChI is InChI=1S/C12H9BrClNO2/c13-8-3-4-10-9(7-8)11(16)12(17)15(10)6-2-1-5-14/h1-4,7H,5-6H2. The van der Waals surface area contributed by atoms with Gasteiger partial charge in [0.25, 0.3) is 11.7 Å². The third-order valence-corrected chi connectivity index (χ3v) is 3.15. The monoisotopic (exact) mass is 313 g/mol. The molecule has 0 aliphatic carbocycles. The van der Waals surface area contributed by atoms with E-state index in [2.05, 4.69) is 15.9 Å². The van der Waals surface area contributed by atoms with Crippen molar-refractivity contribution in [2.45, 2.75) is 0 Å². The van der Waals surface area contributed by atoms with E-state index in [4.69, 9.17) is 11.6 Å². The number of hydrogen-bond donors (Lipinski definition) is 0. The molecule has 3 nitrogen and oxygen atoms in total. The molecular weight excluding hydrogens is 305 g/mol. The molecule has 1 aromatic carbocycles. The third kappa shape index (κ3) is 2.28. The van der Waals surface area contributed by atoms with E-state index in [0.29, 0.717) is 23.7 Å². The minimum atomic E-state index is -0.489. The van der Waals surface area contributed by atoms with Crippen LogP contribution in [0.3, 0.4) is 0 Å². The summed E-state index contributed by atoms with van der Waals surface area (Å²) < 4.78 is 0.788. The lowest BCUT2D eigenvalue weighted by molar-refractivity contribution is -0.114. The number of allylic oxidation sites excluding steroid dienone is 1.